The first kappa shape index (κ1) is 13.2. The molecule has 1 aromatic carbocycles. The summed E-state index contributed by atoms with van der Waals surface area (Å²) < 4.78 is 14.0. The van der Waals surface area contributed by atoms with Gasteiger partial charge in [-0.25, -0.2) is 4.39 Å². The maximum atomic E-state index is 13.6. The minimum Gasteiger partial charge on any atom is -0.349 e. The Balaban J connectivity index is 2.06. The number of amides is 1. The third kappa shape index (κ3) is 2.96. The van der Waals surface area contributed by atoms with E-state index >= 15 is 0 Å². The van der Waals surface area contributed by atoms with Gasteiger partial charge in [0.25, 0.3) is 5.91 Å². The quantitative estimate of drug-likeness (QED) is 0.912. The molecule has 1 amide bonds. The van der Waals surface area contributed by atoms with Crippen LogP contribution in [0.2, 0.25) is 0 Å². The Bertz CT molecular complexity index is 460. The summed E-state index contributed by atoms with van der Waals surface area (Å²) in [5, 5.41) is 2.78. The van der Waals surface area contributed by atoms with Crippen LogP contribution < -0.4 is 5.32 Å². The van der Waals surface area contributed by atoms with E-state index in [0.29, 0.717) is 30.2 Å². The maximum absolute atomic E-state index is 13.6. The zero-order valence-corrected chi connectivity index (χ0v) is 11.3. The van der Waals surface area contributed by atoms with Gasteiger partial charge in [0.2, 0.25) is 0 Å². The van der Waals surface area contributed by atoms with Gasteiger partial charge in [-0.1, -0.05) is 6.07 Å². The van der Waals surface area contributed by atoms with Crippen LogP contribution in [-0.4, -0.2) is 17.7 Å². The van der Waals surface area contributed by atoms with E-state index in [0.717, 1.165) is 0 Å². The average Bonchev–Trinajstić information content (AvgIpc) is 2.32. The molecule has 1 saturated carbocycles. The van der Waals surface area contributed by atoms with E-state index in [2.05, 4.69) is 21.2 Å². The van der Waals surface area contributed by atoms with Gasteiger partial charge < -0.3 is 5.32 Å². The molecule has 0 aliphatic heterocycles. The lowest BCUT2D eigenvalue weighted by Gasteiger charge is -2.22. The first-order valence-electron chi connectivity index (χ1n) is 5.84. The molecule has 96 valence electrons. The number of hydrogen-bond donors (Lipinski definition) is 1. The van der Waals surface area contributed by atoms with Crippen LogP contribution in [0.1, 0.15) is 36.0 Å². The van der Waals surface area contributed by atoms with Crippen molar-refractivity contribution in [2.75, 3.05) is 0 Å². The van der Waals surface area contributed by atoms with Crippen molar-refractivity contribution in [1.29, 1.82) is 0 Å². The van der Waals surface area contributed by atoms with E-state index in [1.165, 1.54) is 12.1 Å². The highest BCUT2D eigenvalue weighted by Crippen LogP contribution is 2.21. The molecular formula is C13H13BrFNO2. The molecule has 1 aliphatic carbocycles. The van der Waals surface area contributed by atoms with Crippen molar-refractivity contribution in [3.05, 3.63) is 34.1 Å². The van der Waals surface area contributed by atoms with Gasteiger partial charge in [0.1, 0.15) is 11.6 Å². The van der Waals surface area contributed by atoms with Crippen molar-refractivity contribution in [3.63, 3.8) is 0 Å². The first-order valence-corrected chi connectivity index (χ1v) is 6.64. The second-order valence-corrected chi connectivity index (χ2v) is 5.24. The second-order valence-electron chi connectivity index (χ2n) is 4.38. The van der Waals surface area contributed by atoms with E-state index in [-0.39, 0.29) is 17.4 Å². The summed E-state index contributed by atoms with van der Waals surface area (Å²) in [6, 6.07) is 4.38. The number of rotatable bonds is 2. The number of hydrogen-bond acceptors (Lipinski definition) is 2. The van der Waals surface area contributed by atoms with Crippen LogP contribution in [0.3, 0.4) is 0 Å². The molecule has 0 spiro atoms. The third-order valence-corrected chi connectivity index (χ3v) is 3.73. The Morgan fingerprint density at radius 2 is 2.00 bits per heavy atom. The molecule has 0 heterocycles. The summed E-state index contributed by atoms with van der Waals surface area (Å²) in [6.07, 6.45) is 2.25. The van der Waals surface area contributed by atoms with Gasteiger partial charge in [-0.2, -0.15) is 0 Å². The van der Waals surface area contributed by atoms with Gasteiger partial charge >= 0.3 is 0 Å². The smallest absolute Gasteiger partial charge is 0.255 e. The van der Waals surface area contributed by atoms with Crippen LogP contribution in [-0.2, 0) is 4.79 Å². The van der Waals surface area contributed by atoms with Crippen LogP contribution in [0.5, 0.6) is 0 Å². The number of ketones is 1. The molecule has 3 nitrogen and oxygen atoms in total. The van der Waals surface area contributed by atoms with Gasteiger partial charge in [-0.3, -0.25) is 9.59 Å². The van der Waals surface area contributed by atoms with Crippen molar-refractivity contribution < 1.29 is 14.0 Å². The van der Waals surface area contributed by atoms with Crippen molar-refractivity contribution in [3.8, 4) is 0 Å². The largest absolute Gasteiger partial charge is 0.349 e. The summed E-state index contributed by atoms with van der Waals surface area (Å²) in [7, 11) is 0. The predicted molar refractivity (Wildman–Crippen MR) is 68.8 cm³/mol. The summed E-state index contributed by atoms with van der Waals surface area (Å²) in [5.41, 5.74) is 0.0226. The molecule has 0 unspecified atom stereocenters. The number of halogens is 2. The van der Waals surface area contributed by atoms with Crippen molar-refractivity contribution >= 4 is 27.6 Å². The monoisotopic (exact) mass is 313 g/mol. The molecule has 0 bridgehead atoms. The molecule has 1 aromatic rings. The van der Waals surface area contributed by atoms with Crippen molar-refractivity contribution in [2.24, 2.45) is 0 Å². The number of carbonyl (C=O) groups is 2. The van der Waals surface area contributed by atoms with Gasteiger partial charge in [-0.05, 0) is 40.9 Å². The molecule has 5 heteroatoms. The van der Waals surface area contributed by atoms with Gasteiger partial charge in [0.05, 0.1) is 5.56 Å². The molecule has 0 atom stereocenters. The fraction of sp³-hybridized carbons (Fsp3) is 0.385. The zero-order valence-electron chi connectivity index (χ0n) is 9.71. The van der Waals surface area contributed by atoms with Gasteiger partial charge in [0.15, 0.2) is 0 Å². The Hall–Kier alpha value is -1.23. The first-order chi connectivity index (χ1) is 8.58. The lowest BCUT2D eigenvalue weighted by molar-refractivity contribution is -0.120. The van der Waals surface area contributed by atoms with E-state index in [1.807, 2.05) is 0 Å². The van der Waals surface area contributed by atoms with E-state index in [9.17, 15) is 14.0 Å². The van der Waals surface area contributed by atoms with Gasteiger partial charge in [0, 0.05) is 23.4 Å². The molecule has 0 saturated heterocycles. The summed E-state index contributed by atoms with van der Waals surface area (Å²) >= 11 is 3.17. The number of Topliss-reactive ketones (excluding diaryl/α,β-unsaturated/α-hetero) is 1. The Morgan fingerprint density at radius 1 is 1.33 bits per heavy atom. The predicted octanol–water partition coefficient (Wildman–Crippen LogP) is 2.83. The highest BCUT2D eigenvalue weighted by Gasteiger charge is 2.23. The zero-order chi connectivity index (χ0) is 13.1. The van der Waals surface area contributed by atoms with Crippen LogP contribution >= 0.6 is 15.9 Å². The lowest BCUT2D eigenvalue weighted by atomic mass is 9.94. The molecule has 1 N–H and O–H groups in total. The minimum absolute atomic E-state index is 0.0226. The molecule has 0 radical (unpaired) electrons. The van der Waals surface area contributed by atoms with E-state index < -0.39 is 11.7 Å². The summed E-state index contributed by atoms with van der Waals surface area (Å²) in [6.45, 7) is 0. The van der Waals surface area contributed by atoms with Crippen molar-refractivity contribution in [2.45, 2.75) is 31.7 Å². The normalized spacial score (nSPS) is 16.7. The minimum atomic E-state index is -0.547. The highest BCUT2D eigenvalue weighted by atomic mass is 79.9. The number of nitrogens with one attached hydrogen (secondary N) is 1. The van der Waals surface area contributed by atoms with Crippen molar-refractivity contribution in [1.82, 2.24) is 5.32 Å². The molecule has 18 heavy (non-hydrogen) atoms. The lowest BCUT2D eigenvalue weighted by Crippen LogP contribution is -2.38. The fourth-order valence-electron chi connectivity index (χ4n) is 2.06. The van der Waals surface area contributed by atoms with Crippen LogP contribution in [0, 0.1) is 5.82 Å². The molecule has 2 rings (SSSR count). The Morgan fingerprint density at radius 3 is 2.61 bits per heavy atom. The highest BCUT2D eigenvalue weighted by molar-refractivity contribution is 9.10. The summed E-state index contributed by atoms with van der Waals surface area (Å²) in [4.78, 5) is 23.1. The molecule has 1 aliphatic rings. The topological polar surface area (TPSA) is 46.2 Å². The third-order valence-electron chi connectivity index (χ3n) is 3.07. The molecule has 0 aromatic heterocycles. The second kappa shape index (κ2) is 5.61. The Kier molecular flexibility index (Phi) is 4.11. The van der Waals surface area contributed by atoms with Crippen LogP contribution in [0.15, 0.2) is 22.7 Å². The molecule has 1 fully saturated rings. The van der Waals surface area contributed by atoms with Crippen LogP contribution in [0.4, 0.5) is 4.39 Å². The standard InChI is InChI=1S/C13H13BrFNO2/c14-10-2-1-3-11(15)12(10)13(18)16-8-4-6-9(17)7-5-8/h1-3,8H,4-7H2,(H,16,18). The van der Waals surface area contributed by atoms with E-state index in [1.54, 1.807) is 6.07 Å². The summed E-state index contributed by atoms with van der Waals surface area (Å²) in [5.74, 6) is -0.749. The number of benzene rings is 1. The maximum Gasteiger partial charge on any atom is 0.255 e. The van der Waals surface area contributed by atoms with E-state index in [4.69, 9.17) is 0 Å². The Labute approximate surface area is 113 Å². The fourth-order valence-corrected chi connectivity index (χ4v) is 2.58. The number of carbonyl (C=O) groups excluding carboxylic acids is 2. The van der Waals surface area contributed by atoms with Gasteiger partial charge in [-0.15, -0.1) is 0 Å². The van der Waals surface area contributed by atoms with Crippen LogP contribution in [0.25, 0.3) is 0 Å². The SMILES string of the molecule is O=C1CCC(NC(=O)c2c(F)cccc2Br)CC1. The average molecular weight is 314 g/mol. The molecular weight excluding hydrogens is 301 g/mol.